The van der Waals surface area contributed by atoms with Crippen LogP contribution < -0.4 is 4.74 Å². The predicted octanol–water partition coefficient (Wildman–Crippen LogP) is 6.30. The molecule has 0 unspecified atom stereocenters. The van der Waals surface area contributed by atoms with Gasteiger partial charge in [0.15, 0.2) is 0 Å². The van der Waals surface area contributed by atoms with E-state index in [9.17, 15) is 13.2 Å². The number of halogens is 3. The topological polar surface area (TPSA) is 22.1 Å². The van der Waals surface area contributed by atoms with E-state index in [4.69, 9.17) is 4.74 Å². The molecule has 2 heterocycles. The SMILES string of the molecule is Cc1cc2c(c(SCc3ccc(-c4ccc(C(F)(F)F)cn4)cc3)c1)OCC2. The molecule has 144 valence electrons. The highest BCUT2D eigenvalue weighted by Gasteiger charge is 2.30. The molecule has 1 aromatic heterocycles. The summed E-state index contributed by atoms with van der Waals surface area (Å²) in [6, 6.07) is 14.5. The lowest BCUT2D eigenvalue weighted by molar-refractivity contribution is -0.137. The average molecular weight is 401 g/mol. The van der Waals surface area contributed by atoms with E-state index in [1.807, 2.05) is 24.3 Å². The Hall–Kier alpha value is -2.47. The first-order valence-corrected chi connectivity index (χ1v) is 9.90. The smallest absolute Gasteiger partial charge is 0.417 e. The van der Waals surface area contributed by atoms with Crippen LogP contribution in [0.5, 0.6) is 5.75 Å². The zero-order valence-electron chi connectivity index (χ0n) is 15.2. The standard InChI is InChI=1S/C22H18F3NOS/c1-14-10-17-8-9-27-21(17)20(11-14)28-13-15-2-4-16(5-3-15)19-7-6-18(12-26-19)22(23,24)25/h2-7,10-12H,8-9,13H2,1H3. The molecule has 4 rings (SSSR count). The van der Waals surface area contributed by atoms with Crippen LogP contribution in [0, 0.1) is 6.92 Å². The second-order valence-corrected chi connectivity index (χ2v) is 7.78. The van der Waals surface area contributed by atoms with Crippen molar-refractivity contribution in [3.63, 3.8) is 0 Å². The van der Waals surface area contributed by atoms with Gasteiger partial charge in [-0.25, -0.2) is 0 Å². The molecule has 0 saturated carbocycles. The highest BCUT2D eigenvalue weighted by molar-refractivity contribution is 7.98. The third-order valence-electron chi connectivity index (χ3n) is 4.63. The predicted molar refractivity (Wildman–Crippen MR) is 105 cm³/mol. The van der Waals surface area contributed by atoms with Crippen molar-refractivity contribution in [1.29, 1.82) is 0 Å². The van der Waals surface area contributed by atoms with E-state index < -0.39 is 11.7 Å². The summed E-state index contributed by atoms with van der Waals surface area (Å²) in [5, 5.41) is 0. The minimum Gasteiger partial charge on any atom is -0.492 e. The normalized spacial score (nSPS) is 13.3. The number of pyridine rings is 1. The Morgan fingerprint density at radius 3 is 2.54 bits per heavy atom. The Kier molecular flexibility index (Phi) is 5.06. The number of benzene rings is 2. The molecule has 2 nitrogen and oxygen atoms in total. The third kappa shape index (κ3) is 4.02. The van der Waals surface area contributed by atoms with Crippen molar-refractivity contribution in [2.24, 2.45) is 0 Å². The van der Waals surface area contributed by atoms with Gasteiger partial charge in [0.2, 0.25) is 0 Å². The summed E-state index contributed by atoms with van der Waals surface area (Å²) in [5.41, 5.74) is 4.21. The van der Waals surface area contributed by atoms with Crippen molar-refractivity contribution in [1.82, 2.24) is 4.98 Å². The van der Waals surface area contributed by atoms with Gasteiger partial charge in [-0.15, -0.1) is 11.8 Å². The summed E-state index contributed by atoms with van der Waals surface area (Å²) >= 11 is 1.73. The first kappa shape index (κ1) is 18.9. The highest BCUT2D eigenvalue weighted by atomic mass is 32.2. The summed E-state index contributed by atoms with van der Waals surface area (Å²) < 4.78 is 43.7. The van der Waals surface area contributed by atoms with Gasteiger partial charge < -0.3 is 4.74 Å². The van der Waals surface area contributed by atoms with Gasteiger partial charge in [-0.2, -0.15) is 13.2 Å². The highest BCUT2D eigenvalue weighted by Crippen LogP contribution is 2.39. The van der Waals surface area contributed by atoms with Gasteiger partial charge in [0.1, 0.15) is 5.75 Å². The molecule has 0 aliphatic carbocycles. The number of thioether (sulfide) groups is 1. The first-order valence-electron chi connectivity index (χ1n) is 8.92. The minimum absolute atomic E-state index is 0.525. The van der Waals surface area contributed by atoms with E-state index >= 15 is 0 Å². The molecule has 0 N–H and O–H groups in total. The lowest BCUT2D eigenvalue weighted by atomic mass is 10.1. The zero-order valence-corrected chi connectivity index (χ0v) is 16.0. The first-order chi connectivity index (χ1) is 13.4. The summed E-state index contributed by atoms with van der Waals surface area (Å²) in [6.07, 6.45) is -2.54. The third-order valence-corrected chi connectivity index (χ3v) is 5.72. The van der Waals surface area contributed by atoms with Crippen LogP contribution in [-0.4, -0.2) is 11.6 Å². The number of nitrogens with zero attached hydrogens (tertiary/aromatic N) is 1. The van der Waals surface area contributed by atoms with Crippen LogP contribution in [0.1, 0.15) is 22.3 Å². The molecule has 0 saturated heterocycles. The van der Waals surface area contributed by atoms with Gasteiger partial charge >= 0.3 is 6.18 Å². The number of alkyl halides is 3. The molecule has 6 heteroatoms. The molecule has 2 aromatic carbocycles. The second kappa shape index (κ2) is 7.51. The van der Waals surface area contributed by atoms with Crippen LogP contribution >= 0.6 is 11.8 Å². The van der Waals surface area contributed by atoms with Gasteiger partial charge in [0.25, 0.3) is 0 Å². The molecule has 0 fully saturated rings. The van der Waals surface area contributed by atoms with E-state index in [1.165, 1.54) is 17.2 Å². The molecular weight excluding hydrogens is 383 g/mol. The molecule has 0 radical (unpaired) electrons. The summed E-state index contributed by atoms with van der Waals surface area (Å²) in [5.74, 6) is 1.79. The summed E-state index contributed by atoms with van der Waals surface area (Å²) in [6.45, 7) is 2.83. The Labute approximate surface area is 165 Å². The number of hydrogen-bond donors (Lipinski definition) is 0. The zero-order chi connectivity index (χ0) is 19.7. The number of aromatic nitrogens is 1. The fourth-order valence-electron chi connectivity index (χ4n) is 3.20. The molecule has 0 atom stereocenters. The Balaban J connectivity index is 1.46. The lowest BCUT2D eigenvalue weighted by Gasteiger charge is -2.10. The molecule has 1 aliphatic rings. The van der Waals surface area contributed by atoms with Crippen LogP contribution in [0.15, 0.2) is 59.6 Å². The number of hydrogen-bond acceptors (Lipinski definition) is 3. The number of aryl methyl sites for hydroxylation is 1. The Morgan fingerprint density at radius 1 is 1.07 bits per heavy atom. The number of rotatable bonds is 4. The molecule has 3 aromatic rings. The van der Waals surface area contributed by atoms with E-state index in [0.717, 1.165) is 52.8 Å². The maximum absolute atomic E-state index is 12.7. The minimum atomic E-state index is -4.37. The van der Waals surface area contributed by atoms with Crippen LogP contribution in [0.3, 0.4) is 0 Å². The molecule has 0 spiro atoms. The van der Waals surface area contributed by atoms with Crippen LogP contribution in [0.2, 0.25) is 0 Å². The van der Waals surface area contributed by atoms with Crippen molar-refractivity contribution >= 4 is 11.8 Å². The maximum Gasteiger partial charge on any atom is 0.417 e. The molecule has 1 aliphatic heterocycles. The fraction of sp³-hybridized carbons (Fsp3) is 0.227. The van der Waals surface area contributed by atoms with E-state index in [1.54, 1.807) is 11.8 Å². The Morgan fingerprint density at radius 2 is 1.86 bits per heavy atom. The van der Waals surface area contributed by atoms with Crippen molar-refractivity contribution in [2.45, 2.75) is 30.2 Å². The molecule has 28 heavy (non-hydrogen) atoms. The summed E-state index contributed by atoms with van der Waals surface area (Å²) in [4.78, 5) is 5.10. The van der Waals surface area contributed by atoms with Gasteiger partial charge in [0.05, 0.1) is 22.8 Å². The second-order valence-electron chi connectivity index (χ2n) is 6.77. The van der Waals surface area contributed by atoms with Crippen molar-refractivity contribution in [3.8, 4) is 17.0 Å². The van der Waals surface area contributed by atoms with Crippen molar-refractivity contribution < 1.29 is 17.9 Å². The number of ether oxygens (including phenoxy) is 1. The monoisotopic (exact) mass is 401 g/mol. The number of fused-ring (bicyclic) bond motifs is 1. The van der Waals surface area contributed by atoms with Crippen molar-refractivity contribution in [3.05, 3.63) is 77.0 Å². The van der Waals surface area contributed by atoms with Gasteiger partial charge in [0, 0.05) is 23.9 Å². The molecule has 0 amide bonds. The molecule has 0 bridgehead atoms. The quantitative estimate of drug-likeness (QED) is 0.479. The largest absolute Gasteiger partial charge is 0.492 e. The lowest BCUT2D eigenvalue weighted by Crippen LogP contribution is -2.05. The van der Waals surface area contributed by atoms with E-state index in [-0.39, 0.29) is 0 Å². The van der Waals surface area contributed by atoms with Gasteiger partial charge in [-0.1, -0.05) is 30.3 Å². The van der Waals surface area contributed by atoms with Gasteiger partial charge in [-0.05, 0) is 41.8 Å². The van der Waals surface area contributed by atoms with Crippen molar-refractivity contribution in [2.75, 3.05) is 6.61 Å². The Bertz CT molecular complexity index is 982. The maximum atomic E-state index is 12.7. The average Bonchev–Trinajstić information content (AvgIpc) is 3.14. The van der Waals surface area contributed by atoms with Crippen LogP contribution in [0.4, 0.5) is 13.2 Å². The summed E-state index contributed by atoms with van der Waals surface area (Å²) in [7, 11) is 0. The van der Waals surface area contributed by atoms with Crippen LogP contribution in [0.25, 0.3) is 11.3 Å². The van der Waals surface area contributed by atoms with Crippen LogP contribution in [-0.2, 0) is 18.3 Å². The van der Waals surface area contributed by atoms with E-state index in [2.05, 4.69) is 24.0 Å². The van der Waals surface area contributed by atoms with Gasteiger partial charge in [-0.3, -0.25) is 4.98 Å². The van der Waals surface area contributed by atoms with E-state index in [0.29, 0.717) is 5.69 Å². The molecular formula is C22H18F3NOS. The fourth-order valence-corrected chi connectivity index (χ4v) is 4.30.